The van der Waals surface area contributed by atoms with E-state index in [1.165, 1.54) is 35.5 Å². The minimum Gasteiger partial charge on any atom is -0.326 e. The van der Waals surface area contributed by atoms with Gasteiger partial charge in [0, 0.05) is 18.7 Å². The normalized spacial score (nSPS) is 18.9. The largest absolute Gasteiger partial charge is 0.326 e. The van der Waals surface area contributed by atoms with Crippen LogP contribution in [0.15, 0.2) is 53.4 Å². The van der Waals surface area contributed by atoms with E-state index in [9.17, 15) is 22.8 Å². The van der Waals surface area contributed by atoms with Crippen molar-refractivity contribution >= 4 is 39.1 Å². The standard InChI is InChI=1S/C24H27N3O5S/c1-15(2)17-4-8-19(9-5-17)26-23(29)14-22(24(26)30)27(20-10-11-20)33(31,32)21-12-6-18(7-13-21)25-16(3)28/h4-9,12-13,15,20,22H,10-11,14H2,1-3H3,(H,25,28). The van der Waals surface area contributed by atoms with Crippen LogP contribution in [-0.4, -0.2) is 42.5 Å². The average molecular weight is 470 g/mol. The molecule has 1 unspecified atom stereocenters. The number of nitrogens with zero attached hydrogens (tertiary/aromatic N) is 2. The van der Waals surface area contributed by atoms with Gasteiger partial charge in [0.25, 0.3) is 5.91 Å². The summed E-state index contributed by atoms with van der Waals surface area (Å²) in [6.07, 6.45) is 1.10. The van der Waals surface area contributed by atoms with Gasteiger partial charge in [0.1, 0.15) is 6.04 Å². The number of imide groups is 1. The molecule has 1 atom stereocenters. The number of anilines is 2. The van der Waals surface area contributed by atoms with Crippen LogP contribution < -0.4 is 10.2 Å². The molecular formula is C24H27N3O5S. The summed E-state index contributed by atoms with van der Waals surface area (Å²) < 4.78 is 28.2. The first-order chi connectivity index (χ1) is 15.6. The van der Waals surface area contributed by atoms with Crippen LogP contribution in [-0.2, 0) is 24.4 Å². The highest BCUT2D eigenvalue weighted by molar-refractivity contribution is 7.89. The van der Waals surface area contributed by atoms with E-state index in [0.717, 1.165) is 10.5 Å². The molecule has 1 saturated carbocycles. The molecule has 0 bridgehead atoms. The Morgan fingerprint density at radius 1 is 1.03 bits per heavy atom. The fraction of sp³-hybridized carbons (Fsp3) is 0.375. The van der Waals surface area contributed by atoms with E-state index in [2.05, 4.69) is 19.2 Å². The quantitative estimate of drug-likeness (QED) is 0.627. The number of amides is 3. The molecule has 1 aliphatic carbocycles. The average Bonchev–Trinajstić information content (AvgIpc) is 3.53. The SMILES string of the molecule is CC(=O)Nc1ccc(S(=O)(=O)N(C2CC2)C2CC(=O)N(c3ccc(C(C)C)cc3)C2=O)cc1. The highest BCUT2D eigenvalue weighted by Gasteiger charge is 2.51. The fourth-order valence-corrected chi connectivity index (χ4v) is 5.90. The molecule has 0 spiro atoms. The molecule has 1 saturated heterocycles. The topological polar surface area (TPSA) is 104 Å². The fourth-order valence-electron chi connectivity index (χ4n) is 4.08. The highest BCUT2D eigenvalue weighted by Crippen LogP contribution is 2.38. The Morgan fingerprint density at radius 2 is 1.64 bits per heavy atom. The first kappa shape index (κ1) is 23.1. The minimum absolute atomic E-state index is 0.0171. The van der Waals surface area contributed by atoms with Crippen LogP contribution in [0.4, 0.5) is 11.4 Å². The van der Waals surface area contributed by atoms with Crippen LogP contribution in [0.3, 0.4) is 0 Å². The first-order valence-corrected chi connectivity index (χ1v) is 12.4. The van der Waals surface area contributed by atoms with Gasteiger partial charge in [-0.15, -0.1) is 0 Å². The molecule has 2 aromatic carbocycles. The Balaban J connectivity index is 1.62. The van der Waals surface area contributed by atoms with Crippen molar-refractivity contribution in [3.8, 4) is 0 Å². The monoisotopic (exact) mass is 469 g/mol. The van der Waals surface area contributed by atoms with Gasteiger partial charge in [-0.2, -0.15) is 4.31 Å². The van der Waals surface area contributed by atoms with Crippen LogP contribution in [0.2, 0.25) is 0 Å². The number of hydrogen-bond acceptors (Lipinski definition) is 5. The van der Waals surface area contributed by atoms with Gasteiger partial charge in [-0.3, -0.25) is 14.4 Å². The van der Waals surface area contributed by atoms with Crippen molar-refractivity contribution in [2.75, 3.05) is 10.2 Å². The molecule has 1 heterocycles. The molecule has 174 valence electrons. The predicted molar refractivity (Wildman–Crippen MR) is 124 cm³/mol. The summed E-state index contributed by atoms with van der Waals surface area (Å²) >= 11 is 0. The molecule has 9 heteroatoms. The van der Waals surface area contributed by atoms with E-state index in [4.69, 9.17) is 0 Å². The zero-order valence-electron chi connectivity index (χ0n) is 18.8. The van der Waals surface area contributed by atoms with Crippen LogP contribution in [0.5, 0.6) is 0 Å². The molecule has 8 nitrogen and oxygen atoms in total. The lowest BCUT2D eigenvalue weighted by atomic mass is 10.0. The summed E-state index contributed by atoms with van der Waals surface area (Å²) in [5, 5.41) is 2.60. The molecule has 1 N–H and O–H groups in total. The maximum atomic E-state index is 13.5. The van der Waals surface area contributed by atoms with E-state index >= 15 is 0 Å². The Bertz CT molecular complexity index is 1190. The van der Waals surface area contributed by atoms with Crippen molar-refractivity contribution in [1.82, 2.24) is 4.31 Å². The van der Waals surface area contributed by atoms with Gasteiger partial charge in [-0.05, 0) is 60.7 Å². The molecule has 2 aliphatic rings. The molecular weight excluding hydrogens is 442 g/mol. The summed E-state index contributed by atoms with van der Waals surface area (Å²) in [7, 11) is -4.03. The maximum absolute atomic E-state index is 13.5. The number of hydrogen-bond donors (Lipinski definition) is 1. The van der Waals surface area contributed by atoms with Crippen molar-refractivity contribution in [2.45, 2.75) is 62.9 Å². The molecule has 4 rings (SSSR count). The number of carbonyl (C=O) groups excluding carboxylic acids is 3. The number of nitrogens with one attached hydrogen (secondary N) is 1. The molecule has 0 radical (unpaired) electrons. The molecule has 1 aliphatic heterocycles. The molecule has 33 heavy (non-hydrogen) atoms. The van der Waals surface area contributed by atoms with Crippen molar-refractivity contribution in [3.05, 3.63) is 54.1 Å². The Hall–Kier alpha value is -3.04. The smallest absolute Gasteiger partial charge is 0.252 e. The van der Waals surface area contributed by atoms with Crippen molar-refractivity contribution in [3.63, 3.8) is 0 Å². The van der Waals surface area contributed by atoms with E-state index in [1.807, 2.05) is 12.1 Å². The van der Waals surface area contributed by atoms with Crippen LogP contribution in [0, 0.1) is 0 Å². The summed E-state index contributed by atoms with van der Waals surface area (Å²) in [5.41, 5.74) is 2.01. The van der Waals surface area contributed by atoms with Crippen LogP contribution >= 0.6 is 0 Å². The number of sulfonamides is 1. The zero-order valence-corrected chi connectivity index (χ0v) is 19.6. The molecule has 2 fully saturated rings. The number of benzene rings is 2. The summed E-state index contributed by atoms with van der Waals surface area (Å²) in [6, 6.07) is 11.6. The van der Waals surface area contributed by atoms with Gasteiger partial charge < -0.3 is 5.32 Å². The molecule has 2 aromatic rings. The number of rotatable bonds is 7. The van der Waals surface area contributed by atoms with Crippen LogP contribution in [0.1, 0.15) is 51.5 Å². The van der Waals surface area contributed by atoms with Gasteiger partial charge in [-0.1, -0.05) is 26.0 Å². The third-order valence-corrected chi connectivity index (χ3v) is 7.88. The first-order valence-electron chi connectivity index (χ1n) is 11.0. The third kappa shape index (κ3) is 4.56. The van der Waals surface area contributed by atoms with Gasteiger partial charge in [0.05, 0.1) is 17.0 Å². The second-order valence-electron chi connectivity index (χ2n) is 8.81. The van der Waals surface area contributed by atoms with E-state index < -0.39 is 27.9 Å². The van der Waals surface area contributed by atoms with E-state index in [1.54, 1.807) is 12.1 Å². The Labute approximate surface area is 193 Å². The van der Waals surface area contributed by atoms with E-state index in [-0.39, 0.29) is 23.3 Å². The zero-order chi connectivity index (χ0) is 23.9. The van der Waals surface area contributed by atoms with Gasteiger partial charge in [0.15, 0.2) is 0 Å². The summed E-state index contributed by atoms with van der Waals surface area (Å²) in [6.45, 7) is 5.47. The lowest BCUT2D eigenvalue weighted by molar-refractivity contribution is -0.122. The van der Waals surface area contributed by atoms with Crippen molar-refractivity contribution in [2.24, 2.45) is 0 Å². The van der Waals surface area contributed by atoms with Gasteiger partial charge in [0.2, 0.25) is 21.8 Å². The molecule has 3 amide bonds. The van der Waals surface area contributed by atoms with Crippen LogP contribution in [0.25, 0.3) is 0 Å². The van der Waals surface area contributed by atoms with Gasteiger partial charge >= 0.3 is 0 Å². The van der Waals surface area contributed by atoms with E-state index in [0.29, 0.717) is 30.1 Å². The molecule has 0 aromatic heterocycles. The second-order valence-corrected chi connectivity index (χ2v) is 10.6. The minimum atomic E-state index is -4.03. The van der Waals surface area contributed by atoms with Gasteiger partial charge in [-0.25, -0.2) is 13.3 Å². The predicted octanol–water partition coefficient (Wildman–Crippen LogP) is 3.25. The van der Waals surface area contributed by atoms with Crippen molar-refractivity contribution in [1.29, 1.82) is 0 Å². The highest BCUT2D eigenvalue weighted by atomic mass is 32.2. The Kier molecular flexibility index (Phi) is 6.11. The summed E-state index contributed by atoms with van der Waals surface area (Å²) in [5.74, 6) is -0.891. The Morgan fingerprint density at radius 3 is 2.15 bits per heavy atom. The summed E-state index contributed by atoms with van der Waals surface area (Å²) in [4.78, 5) is 38.5. The lowest BCUT2D eigenvalue weighted by Crippen LogP contribution is -2.46. The third-order valence-electron chi connectivity index (χ3n) is 5.90. The number of carbonyl (C=O) groups is 3. The second kappa shape index (κ2) is 8.72. The lowest BCUT2D eigenvalue weighted by Gasteiger charge is -2.27. The maximum Gasteiger partial charge on any atom is 0.252 e. The van der Waals surface area contributed by atoms with Crippen molar-refractivity contribution < 1.29 is 22.8 Å².